The Hall–Kier alpha value is -0.120. The first-order valence-electron chi connectivity index (χ1n) is 8.00. The first kappa shape index (κ1) is 17.2. The Bertz CT molecular complexity index is 436. The van der Waals surface area contributed by atoms with Gasteiger partial charge in [-0.1, -0.05) is 58.9 Å². The van der Waals surface area contributed by atoms with Gasteiger partial charge in [0, 0.05) is 28.0 Å². The normalized spacial score (nSPS) is 24.8. The summed E-state index contributed by atoms with van der Waals surface area (Å²) in [4.78, 5) is 0. The van der Waals surface area contributed by atoms with Crippen LogP contribution in [-0.4, -0.2) is 28.6 Å². The van der Waals surface area contributed by atoms with Crippen LogP contribution in [0.25, 0.3) is 0 Å². The second-order valence-corrected chi connectivity index (χ2v) is 9.59. The molecular weight excluding hydrogens is 294 g/mol. The van der Waals surface area contributed by atoms with E-state index in [9.17, 15) is 0 Å². The number of rotatable bonds is 4. The Morgan fingerprint density at radius 3 is 2.29 bits per heavy atom. The highest BCUT2D eigenvalue weighted by atomic mass is 32.2. The minimum Gasteiger partial charge on any atom is -0.309 e. The lowest BCUT2D eigenvalue weighted by Gasteiger charge is -2.35. The van der Waals surface area contributed by atoms with Crippen LogP contribution in [0.2, 0.25) is 0 Å². The molecule has 1 aromatic carbocycles. The molecule has 3 unspecified atom stereocenters. The topological polar surface area (TPSA) is 12.0 Å². The summed E-state index contributed by atoms with van der Waals surface area (Å²) >= 11 is 4.26. The summed E-state index contributed by atoms with van der Waals surface area (Å²) in [6.07, 6.45) is 0. The lowest BCUT2D eigenvalue weighted by molar-refractivity contribution is 0.524. The number of hydrogen-bond donors (Lipinski definition) is 1. The van der Waals surface area contributed by atoms with Crippen LogP contribution in [0.15, 0.2) is 24.3 Å². The van der Waals surface area contributed by atoms with Crippen molar-refractivity contribution in [2.75, 3.05) is 18.1 Å². The molecule has 1 aliphatic rings. The molecule has 0 aromatic heterocycles. The molecule has 0 spiro atoms. The molecule has 3 heteroatoms. The summed E-state index contributed by atoms with van der Waals surface area (Å²) in [5, 5.41) is 5.11. The van der Waals surface area contributed by atoms with E-state index in [2.05, 4.69) is 87.7 Å². The van der Waals surface area contributed by atoms with Gasteiger partial charge in [-0.3, -0.25) is 0 Å². The zero-order chi connectivity index (χ0) is 15.5. The zero-order valence-corrected chi connectivity index (χ0v) is 15.6. The first-order valence-corrected chi connectivity index (χ1v) is 10.1. The van der Waals surface area contributed by atoms with Gasteiger partial charge >= 0.3 is 0 Å². The van der Waals surface area contributed by atoms with E-state index in [1.165, 1.54) is 22.6 Å². The van der Waals surface area contributed by atoms with Gasteiger partial charge in [0.05, 0.1) is 0 Å². The highest BCUT2D eigenvalue weighted by Crippen LogP contribution is 2.39. The maximum atomic E-state index is 3.72. The van der Waals surface area contributed by atoms with Crippen LogP contribution in [0.1, 0.15) is 51.8 Å². The van der Waals surface area contributed by atoms with Crippen molar-refractivity contribution in [2.45, 2.75) is 56.6 Å². The molecular formula is C18H29NS2. The highest BCUT2D eigenvalue weighted by molar-refractivity contribution is 8.07. The van der Waals surface area contributed by atoms with Crippen molar-refractivity contribution < 1.29 is 0 Å². The highest BCUT2D eigenvalue weighted by Gasteiger charge is 2.31. The van der Waals surface area contributed by atoms with Gasteiger partial charge in [-0.05, 0) is 23.1 Å². The SMILES string of the molecule is CCNC(c1ccc(C(C)(C)C)cc1)C1SCCSC1C. The molecule has 2 rings (SSSR count). The maximum absolute atomic E-state index is 3.72. The van der Waals surface area contributed by atoms with E-state index in [-0.39, 0.29) is 5.41 Å². The summed E-state index contributed by atoms with van der Waals surface area (Å²) in [5.41, 5.74) is 3.09. The molecule has 0 radical (unpaired) electrons. The van der Waals surface area contributed by atoms with Gasteiger partial charge in [-0.15, -0.1) is 0 Å². The van der Waals surface area contributed by atoms with Crippen LogP contribution >= 0.6 is 23.5 Å². The largest absolute Gasteiger partial charge is 0.309 e. The molecule has 0 bridgehead atoms. The van der Waals surface area contributed by atoms with Crippen LogP contribution in [0, 0.1) is 0 Å². The summed E-state index contributed by atoms with van der Waals surface area (Å²) in [5.74, 6) is 2.58. The third kappa shape index (κ3) is 4.43. The van der Waals surface area contributed by atoms with Crippen LogP contribution in [0.3, 0.4) is 0 Å². The average Bonchev–Trinajstić information content (AvgIpc) is 2.45. The number of nitrogens with one attached hydrogen (secondary N) is 1. The summed E-state index contributed by atoms with van der Waals surface area (Å²) < 4.78 is 0. The molecule has 1 aliphatic heterocycles. The van der Waals surface area contributed by atoms with Gasteiger partial charge in [0.1, 0.15) is 0 Å². The van der Waals surface area contributed by atoms with E-state index in [0.29, 0.717) is 11.3 Å². The van der Waals surface area contributed by atoms with E-state index < -0.39 is 0 Å². The molecule has 1 N–H and O–H groups in total. The quantitative estimate of drug-likeness (QED) is 0.849. The zero-order valence-electron chi connectivity index (χ0n) is 14.0. The smallest absolute Gasteiger partial charge is 0.0451 e. The molecule has 118 valence electrons. The minimum atomic E-state index is 0.231. The first-order chi connectivity index (χ1) is 9.93. The maximum Gasteiger partial charge on any atom is 0.0451 e. The van der Waals surface area contributed by atoms with Crippen molar-refractivity contribution in [1.29, 1.82) is 0 Å². The van der Waals surface area contributed by atoms with Gasteiger partial charge in [0.25, 0.3) is 0 Å². The molecule has 0 amide bonds. The monoisotopic (exact) mass is 323 g/mol. The van der Waals surface area contributed by atoms with Crippen LogP contribution in [0.4, 0.5) is 0 Å². The molecule has 0 aliphatic carbocycles. The number of thioether (sulfide) groups is 2. The third-order valence-electron chi connectivity index (χ3n) is 4.13. The lowest BCUT2D eigenvalue weighted by atomic mass is 9.86. The summed E-state index contributed by atoms with van der Waals surface area (Å²) in [7, 11) is 0. The Morgan fingerprint density at radius 1 is 1.14 bits per heavy atom. The van der Waals surface area contributed by atoms with E-state index >= 15 is 0 Å². The Morgan fingerprint density at radius 2 is 1.76 bits per heavy atom. The van der Waals surface area contributed by atoms with Crippen LogP contribution in [0.5, 0.6) is 0 Å². The van der Waals surface area contributed by atoms with Crippen molar-refractivity contribution in [3.63, 3.8) is 0 Å². The lowest BCUT2D eigenvalue weighted by Crippen LogP contribution is -2.37. The number of hydrogen-bond acceptors (Lipinski definition) is 3. The molecule has 1 fully saturated rings. The van der Waals surface area contributed by atoms with Gasteiger partial charge in [-0.2, -0.15) is 23.5 Å². The molecule has 1 nitrogen and oxygen atoms in total. The van der Waals surface area contributed by atoms with Gasteiger partial charge in [0.2, 0.25) is 0 Å². The minimum absolute atomic E-state index is 0.231. The Labute approximate surface area is 139 Å². The Balaban J connectivity index is 2.21. The fourth-order valence-corrected chi connectivity index (χ4v) is 5.80. The van der Waals surface area contributed by atoms with Crippen molar-refractivity contribution in [2.24, 2.45) is 0 Å². The second kappa shape index (κ2) is 7.43. The molecule has 1 saturated heterocycles. The second-order valence-electron chi connectivity index (χ2n) is 6.82. The van der Waals surface area contributed by atoms with Crippen molar-refractivity contribution in [3.8, 4) is 0 Å². The van der Waals surface area contributed by atoms with Crippen LogP contribution < -0.4 is 5.32 Å². The van der Waals surface area contributed by atoms with Gasteiger partial charge in [-0.25, -0.2) is 0 Å². The average molecular weight is 324 g/mol. The van der Waals surface area contributed by atoms with E-state index in [0.717, 1.165) is 11.8 Å². The van der Waals surface area contributed by atoms with Gasteiger partial charge < -0.3 is 5.32 Å². The molecule has 1 heterocycles. The predicted octanol–water partition coefficient (Wildman–Crippen LogP) is 4.87. The molecule has 21 heavy (non-hydrogen) atoms. The van der Waals surface area contributed by atoms with Crippen molar-refractivity contribution in [1.82, 2.24) is 5.32 Å². The fourth-order valence-electron chi connectivity index (χ4n) is 2.85. The summed E-state index contributed by atoms with van der Waals surface area (Å²) in [6, 6.07) is 9.76. The molecule has 3 atom stereocenters. The summed E-state index contributed by atoms with van der Waals surface area (Å²) in [6.45, 7) is 12.5. The predicted molar refractivity (Wildman–Crippen MR) is 99.7 cm³/mol. The van der Waals surface area contributed by atoms with E-state index in [1.807, 2.05) is 0 Å². The standard InChI is InChI=1S/C18H29NS2/c1-6-19-16(17-13(2)20-11-12-21-17)14-7-9-15(10-8-14)18(3,4)5/h7-10,13,16-17,19H,6,11-12H2,1-5H3. The van der Waals surface area contributed by atoms with Crippen LogP contribution in [-0.2, 0) is 5.41 Å². The van der Waals surface area contributed by atoms with Gasteiger partial charge in [0.15, 0.2) is 0 Å². The number of benzene rings is 1. The van der Waals surface area contributed by atoms with E-state index in [4.69, 9.17) is 0 Å². The van der Waals surface area contributed by atoms with Crippen molar-refractivity contribution in [3.05, 3.63) is 35.4 Å². The Kier molecular flexibility index (Phi) is 6.10. The fraction of sp³-hybridized carbons (Fsp3) is 0.667. The van der Waals surface area contributed by atoms with Crippen molar-refractivity contribution >= 4 is 23.5 Å². The molecule has 0 saturated carbocycles. The van der Waals surface area contributed by atoms with E-state index in [1.54, 1.807) is 0 Å². The third-order valence-corrected chi connectivity index (χ3v) is 7.32. The molecule has 1 aromatic rings.